The Kier molecular flexibility index (Phi) is 11.6. The predicted molar refractivity (Wildman–Crippen MR) is 172 cm³/mol. The van der Waals surface area contributed by atoms with Crippen LogP contribution in [0.1, 0.15) is 52.0 Å². The van der Waals surface area contributed by atoms with Gasteiger partial charge in [0.2, 0.25) is 0 Å². The number of thiophene rings is 2. The number of rotatable bonds is 17. The molecule has 2 aromatic carbocycles. The summed E-state index contributed by atoms with van der Waals surface area (Å²) in [6.45, 7) is 2.97. The van der Waals surface area contributed by atoms with Gasteiger partial charge in [-0.1, -0.05) is 0 Å². The lowest BCUT2D eigenvalue weighted by Crippen LogP contribution is -2.28. The van der Waals surface area contributed by atoms with Crippen molar-refractivity contribution in [3.8, 4) is 23.0 Å². The number of carboxylic acid groups (broad SMARTS) is 1. The van der Waals surface area contributed by atoms with Crippen molar-refractivity contribution < 1.29 is 48.0 Å². The summed E-state index contributed by atoms with van der Waals surface area (Å²) >= 11 is 2.63. The monoisotopic (exact) mass is 657 g/mol. The number of esters is 1. The van der Waals surface area contributed by atoms with Gasteiger partial charge in [-0.15, -0.1) is 22.7 Å². The van der Waals surface area contributed by atoms with E-state index in [1.54, 1.807) is 45.3 Å². The lowest BCUT2D eigenvalue weighted by atomic mass is 10.1. The number of amides is 1. The summed E-state index contributed by atoms with van der Waals surface area (Å²) < 4.78 is 29.7. The van der Waals surface area contributed by atoms with E-state index in [2.05, 4.69) is 0 Å². The molecule has 0 fully saturated rings. The van der Waals surface area contributed by atoms with Gasteiger partial charge >= 0.3 is 11.9 Å². The maximum Gasteiger partial charge on any atom is 0.307 e. The average Bonchev–Trinajstić information content (AvgIpc) is 3.64. The Morgan fingerprint density at radius 2 is 1.31 bits per heavy atom. The molecule has 4 aromatic rings. The van der Waals surface area contributed by atoms with E-state index in [9.17, 15) is 19.2 Å². The summed E-state index contributed by atoms with van der Waals surface area (Å²) in [7, 11) is 4.74. The van der Waals surface area contributed by atoms with Crippen LogP contribution in [-0.4, -0.2) is 81.3 Å². The van der Waals surface area contributed by atoms with E-state index in [-0.39, 0.29) is 43.5 Å². The van der Waals surface area contributed by atoms with Gasteiger partial charge in [-0.2, -0.15) is 0 Å². The number of hydrogen-bond donors (Lipinski definition) is 1. The topological polar surface area (TPSA) is 138 Å². The first-order valence-electron chi connectivity index (χ1n) is 14.3. The summed E-state index contributed by atoms with van der Waals surface area (Å²) in [4.78, 5) is 50.4. The molecule has 0 atom stereocenters. The number of ketones is 1. The summed E-state index contributed by atoms with van der Waals surface area (Å²) in [5.41, 5.74) is 0. The van der Waals surface area contributed by atoms with Crippen LogP contribution in [0.25, 0.3) is 20.2 Å². The van der Waals surface area contributed by atoms with Crippen molar-refractivity contribution in [2.24, 2.45) is 0 Å². The van der Waals surface area contributed by atoms with Crippen LogP contribution >= 0.6 is 22.7 Å². The zero-order valence-corrected chi connectivity index (χ0v) is 27.1. The molecule has 1 N–H and O–H groups in total. The molecule has 0 aliphatic carbocycles. The first kappa shape index (κ1) is 33.5. The van der Waals surface area contributed by atoms with E-state index >= 15 is 0 Å². The molecule has 45 heavy (non-hydrogen) atoms. The van der Waals surface area contributed by atoms with Crippen molar-refractivity contribution in [3.05, 3.63) is 46.2 Å². The number of carbonyl (C=O) groups excluding carboxylic acids is 3. The predicted octanol–water partition coefficient (Wildman–Crippen LogP) is 6.05. The average molecular weight is 658 g/mol. The number of carbonyl (C=O) groups is 4. The molecule has 11 nitrogen and oxygen atoms in total. The molecular weight excluding hydrogens is 622 g/mol. The fourth-order valence-corrected chi connectivity index (χ4v) is 6.54. The highest BCUT2D eigenvalue weighted by atomic mass is 32.1. The molecule has 0 aliphatic heterocycles. The molecule has 240 valence electrons. The van der Waals surface area contributed by atoms with E-state index < -0.39 is 5.97 Å². The third-order valence-electron chi connectivity index (χ3n) is 6.76. The van der Waals surface area contributed by atoms with Crippen molar-refractivity contribution in [1.29, 1.82) is 0 Å². The second-order valence-electron chi connectivity index (χ2n) is 9.95. The van der Waals surface area contributed by atoms with Gasteiger partial charge in [-0.05, 0) is 42.0 Å². The molecule has 0 radical (unpaired) electrons. The van der Waals surface area contributed by atoms with Crippen LogP contribution < -0.4 is 18.9 Å². The number of nitrogens with zero attached hydrogens (tertiary/aromatic N) is 1. The molecule has 0 saturated carbocycles. The van der Waals surface area contributed by atoms with Crippen molar-refractivity contribution >= 4 is 66.5 Å². The molecule has 4 rings (SSSR count). The Morgan fingerprint density at radius 1 is 0.756 bits per heavy atom. The molecule has 0 bridgehead atoms. The minimum Gasteiger partial charge on any atom is -0.493 e. The van der Waals surface area contributed by atoms with Gasteiger partial charge in [-0.25, -0.2) is 0 Å². The molecule has 13 heteroatoms. The molecular formula is C32H35NO10S2. The number of benzene rings is 2. The van der Waals surface area contributed by atoms with Crippen LogP contribution in [0.3, 0.4) is 0 Å². The fraction of sp³-hybridized carbons (Fsp3) is 0.375. The maximum atomic E-state index is 12.9. The van der Waals surface area contributed by atoms with Crippen molar-refractivity contribution in [2.75, 3.05) is 47.6 Å². The Hall–Kier alpha value is -4.36. The van der Waals surface area contributed by atoms with Gasteiger partial charge in [-0.3, -0.25) is 19.2 Å². The molecule has 0 spiro atoms. The molecule has 1 amide bonds. The maximum absolute atomic E-state index is 12.9. The number of Topliss-reactive ketones (excluding diaryl/α,β-unsaturated/α-hetero) is 1. The Balaban J connectivity index is 1.35. The minimum atomic E-state index is -1.01. The molecule has 0 unspecified atom stereocenters. The van der Waals surface area contributed by atoms with Crippen molar-refractivity contribution in [3.63, 3.8) is 0 Å². The van der Waals surface area contributed by atoms with E-state index in [0.717, 1.165) is 20.2 Å². The number of fused-ring (bicyclic) bond motifs is 2. The lowest BCUT2D eigenvalue weighted by molar-refractivity contribution is -0.143. The van der Waals surface area contributed by atoms with Crippen molar-refractivity contribution in [2.45, 2.75) is 32.6 Å². The number of hydrogen-bond acceptors (Lipinski definition) is 11. The van der Waals surface area contributed by atoms with Crippen molar-refractivity contribution in [1.82, 2.24) is 4.90 Å². The van der Waals surface area contributed by atoms with Crippen LogP contribution in [0, 0.1) is 0 Å². The van der Waals surface area contributed by atoms with Gasteiger partial charge in [0, 0.05) is 48.0 Å². The normalized spacial score (nSPS) is 10.9. The number of carboxylic acids is 1. The lowest BCUT2D eigenvalue weighted by Gasteiger charge is -2.15. The molecule has 2 aromatic heterocycles. The van der Waals surface area contributed by atoms with Gasteiger partial charge in [0.25, 0.3) is 5.91 Å². The largest absolute Gasteiger partial charge is 0.493 e. The van der Waals surface area contributed by atoms with Crippen LogP contribution in [0.4, 0.5) is 0 Å². The van der Waals surface area contributed by atoms with Crippen LogP contribution in [0.2, 0.25) is 0 Å². The standard InChI is InChI=1S/C32H35NO10S2/c1-5-41-31(37)9-10-33(2)32(38)29-16-19-13-22(39-3)25(18-27(19)45-29)43-12-6-11-42-24-14-20-15-28(21(34)7-8-30(35)36)44-26(20)17-23(24)40-4/h13-18H,5-12H2,1-4H3,(H,35,36). The van der Waals surface area contributed by atoms with Gasteiger partial charge in [0.15, 0.2) is 28.8 Å². The second kappa shape index (κ2) is 15.6. The summed E-state index contributed by atoms with van der Waals surface area (Å²) in [6.07, 6.45) is 0.411. The smallest absolute Gasteiger partial charge is 0.307 e. The number of ether oxygens (including phenoxy) is 5. The van der Waals surface area contributed by atoms with E-state index in [4.69, 9.17) is 28.8 Å². The summed E-state index contributed by atoms with van der Waals surface area (Å²) in [5, 5.41) is 10.5. The number of methoxy groups -OCH3 is 2. The van der Waals surface area contributed by atoms with Gasteiger partial charge in [0.1, 0.15) is 0 Å². The van der Waals surface area contributed by atoms with E-state index in [1.807, 2.05) is 12.1 Å². The second-order valence-corrected chi connectivity index (χ2v) is 12.1. The first-order valence-corrected chi connectivity index (χ1v) is 15.9. The zero-order chi connectivity index (χ0) is 32.5. The third kappa shape index (κ3) is 8.64. The van der Waals surface area contributed by atoms with Gasteiger partial charge < -0.3 is 33.7 Å². The highest BCUT2D eigenvalue weighted by Gasteiger charge is 2.19. The fourth-order valence-electron chi connectivity index (χ4n) is 4.43. The summed E-state index contributed by atoms with van der Waals surface area (Å²) in [6, 6.07) is 10.8. The Morgan fingerprint density at radius 3 is 1.93 bits per heavy atom. The molecule has 0 saturated heterocycles. The first-order chi connectivity index (χ1) is 21.6. The van der Waals surface area contributed by atoms with E-state index in [0.29, 0.717) is 59.0 Å². The van der Waals surface area contributed by atoms with Crippen LogP contribution in [0.15, 0.2) is 36.4 Å². The van der Waals surface area contributed by atoms with Crippen LogP contribution in [-0.2, 0) is 14.3 Å². The Labute approximate surface area is 268 Å². The summed E-state index contributed by atoms with van der Waals surface area (Å²) in [5.74, 6) is 0.376. The SMILES string of the molecule is CCOC(=O)CCN(C)C(=O)c1cc2cc(OC)c(OCCCOc3cc4cc(C(=O)CCC(=O)O)sc4cc3OC)cc2s1. The quantitative estimate of drug-likeness (QED) is 0.0811. The highest BCUT2D eigenvalue weighted by Crippen LogP contribution is 2.38. The van der Waals surface area contributed by atoms with E-state index in [1.165, 1.54) is 34.7 Å². The zero-order valence-electron chi connectivity index (χ0n) is 25.5. The third-order valence-corrected chi connectivity index (χ3v) is 8.99. The molecule has 0 aliphatic rings. The van der Waals surface area contributed by atoms with Gasteiger partial charge in [0.05, 0.1) is 56.6 Å². The molecule has 2 heterocycles. The number of aliphatic carboxylic acids is 1. The van der Waals surface area contributed by atoms with Crippen LogP contribution in [0.5, 0.6) is 23.0 Å². The highest BCUT2D eigenvalue weighted by molar-refractivity contribution is 7.21. The Bertz CT molecular complexity index is 1690. The minimum absolute atomic E-state index is 0.0535.